The van der Waals surface area contributed by atoms with Gasteiger partial charge in [0.05, 0.1) is 12.3 Å². The molecule has 0 spiro atoms. The molecule has 0 unspecified atom stereocenters. The Morgan fingerprint density at radius 2 is 2.29 bits per heavy atom. The summed E-state index contributed by atoms with van der Waals surface area (Å²) in [4.78, 5) is 17.5. The van der Waals surface area contributed by atoms with Crippen molar-refractivity contribution in [2.45, 2.75) is 13.8 Å². The first kappa shape index (κ1) is 13.8. The fraction of sp³-hybridized carbons (Fsp3) is 0.200. The molecule has 2 aromatic heterocycles. The number of carbonyl (C=O) groups is 1. The maximum atomic E-state index is 13.3. The Balaban J connectivity index is 2.05. The van der Waals surface area contributed by atoms with Gasteiger partial charge in [-0.05, 0) is 26.0 Å². The highest BCUT2D eigenvalue weighted by atomic mass is 32.1. The van der Waals surface area contributed by atoms with Gasteiger partial charge in [0, 0.05) is 17.5 Å². The minimum absolute atomic E-state index is 0.298. The molecule has 0 amide bonds. The van der Waals surface area contributed by atoms with E-state index < -0.39 is 0 Å². The number of carbonyl (C=O) groups excluding carboxylic acids is 1. The third kappa shape index (κ3) is 2.42. The van der Waals surface area contributed by atoms with Crippen LogP contribution >= 0.6 is 11.3 Å². The van der Waals surface area contributed by atoms with Crippen molar-refractivity contribution >= 4 is 22.3 Å². The molecule has 0 aliphatic heterocycles. The van der Waals surface area contributed by atoms with Crippen molar-refractivity contribution in [1.29, 1.82) is 0 Å². The molecular weight excluding hydrogens is 291 g/mol. The van der Waals surface area contributed by atoms with Crippen LogP contribution in [0.2, 0.25) is 0 Å². The molecule has 0 bridgehead atoms. The van der Waals surface area contributed by atoms with Gasteiger partial charge in [-0.1, -0.05) is 23.5 Å². The Morgan fingerprint density at radius 1 is 1.48 bits per heavy atom. The zero-order chi connectivity index (χ0) is 15.0. The smallest absolute Gasteiger partial charge is 0.350 e. The summed E-state index contributed by atoms with van der Waals surface area (Å²) < 4.78 is 20.1. The van der Waals surface area contributed by atoms with Gasteiger partial charge in [-0.15, -0.1) is 0 Å². The van der Waals surface area contributed by atoms with Crippen LogP contribution in [0.1, 0.15) is 22.3 Å². The van der Waals surface area contributed by atoms with Gasteiger partial charge in [-0.3, -0.25) is 4.40 Å². The lowest BCUT2D eigenvalue weighted by Gasteiger charge is -1.99. The van der Waals surface area contributed by atoms with Crippen LogP contribution in [0.25, 0.3) is 16.2 Å². The Morgan fingerprint density at radius 3 is 2.95 bits per heavy atom. The Hall–Kier alpha value is -2.21. The number of thiazole rings is 1. The highest BCUT2D eigenvalue weighted by Crippen LogP contribution is 2.27. The van der Waals surface area contributed by atoms with Gasteiger partial charge in [-0.25, -0.2) is 14.2 Å². The summed E-state index contributed by atoms with van der Waals surface area (Å²) >= 11 is 1.28. The molecule has 1 aromatic carbocycles. The van der Waals surface area contributed by atoms with E-state index in [9.17, 15) is 9.18 Å². The van der Waals surface area contributed by atoms with Crippen LogP contribution in [-0.4, -0.2) is 22.0 Å². The molecule has 2 heterocycles. The van der Waals surface area contributed by atoms with E-state index in [4.69, 9.17) is 4.74 Å². The van der Waals surface area contributed by atoms with Crippen LogP contribution in [0.3, 0.4) is 0 Å². The van der Waals surface area contributed by atoms with Gasteiger partial charge >= 0.3 is 5.97 Å². The number of esters is 1. The molecule has 0 N–H and O–H groups in total. The first-order valence-corrected chi connectivity index (χ1v) is 7.33. The Labute approximate surface area is 124 Å². The highest BCUT2D eigenvalue weighted by Gasteiger charge is 2.18. The van der Waals surface area contributed by atoms with Crippen molar-refractivity contribution in [3.8, 4) is 11.3 Å². The monoisotopic (exact) mass is 304 g/mol. The van der Waals surface area contributed by atoms with Crippen LogP contribution in [0.15, 0.2) is 30.5 Å². The average Bonchev–Trinajstić information content (AvgIpc) is 2.99. The second kappa shape index (κ2) is 5.29. The highest BCUT2D eigenvalue weighted by molar-refractivity contribution is 7.19. The van der Waals surface area contributed by atoms with Gasteiger partial charge < -0.3 is 4.74 Å². The van der Waals surface area contributed by atoms with E-state index in [-0.39, 0.29) is 11.8 Å². The third-order valence-corrected chi connectivity index (χ3v) is 4.27. The molecule has 3 aromatic rings. The average molecular weight is 304 g/mol. The van der Waals surface area contributed by atoms with E-state index >= 15 is 0 Å². The van der Waals surface area contributed by atoms with Crippen molar-refractivity contribution < 1.29 is 13.9 Å². The van der Waals surface area contributed by atoms with E-state index in [2.05, 4.69) is 4.98 Å². The third-order valence-electron chi connectivity index (χ3n) is 3.14. The number of hydrogen-bond donors (Lipinski definition) is 0. The van der Waals surface area contributed by atoms with Crippen LogP contribution in [0.5, 0.6) is 0 Å². The van der Waals surface area contributed by atoms with Gasteiger partial charge in [0.25, 0.3) is 0 Å². The second-order valence-corrected chi connectivity index (χ2v) is 5.50. The van der Waals surface area contributed by atoms with E-state index in [1.54, 1.807) is 25.3 Å². The molecule has 0 saturated heterocycles. The molecule has 0 aliphatic carbocycles. The largest absolute Gasteiger partial charge is 0.462 e. The topological polar surface area (TPSA) is 43.6 Å². The van der Waals surface area contributed by atoms with E-state index in [1.807, 2.05) is 11.3 Å². The molecular formula is C15H13FN2O2S. The maximum Gasteiger partial charge on any atom is 0.350 e. The summed E-state index contributed by atoms with van der Waals surface area (Å²) in [7, 11) is 0. The molecule has 0 aliphatic rings. The van der Waals surface area contributed by atoms with Crippen LogP contribution in [-0.2, 0) is 4.74 Å². The minimum Gasteiger partial charge on any atom is -0.462 e. The van der Waals surface area contributed by atoms with Crippen molar-refractivity contribution in [3.63, 3.8) is 0 Å². The molecule has 3 rings (SSSR count). The molecule has 0 saturated carbocycles. The summed E-state index contributed by atoms with van der Waals surface area (Å²) in [5.74, 6) is -0.634. The number of hydrogen-bond acceptors (Lipinski definition) is 4. The van der Waals surface area contributed by atoms with Crippen LogP contribution in [0.4, 0.5) is 4.39 Å². The van der Waals surface area contributed by atoms with Gasteiger partial charge in [-0.2, -0.15) is 0 Å². The molecule has 4 nitrogen and oxygen atoms in total. The first-order valence-electron chi connectivity index (χ1n) is 6.51. The lowest BCUT2D eigenvalue weighted by atomic mass is 10.2. The molecule has 6 heteroatoms. The fourth-order valence-electron chi connectivity index (χ4n) is 2.12. The van der Waals surface area contributed by atoms with Crippen molar-refractivity contribution in [1.82, 2.24) is 9.38 Å². The summed E-state index contributed by atoms with van der Waals surface area (Å²) in [6.07, 6.45) is 1.80. The van der Waals surface area contributed by atoms with Gasteiger partial charge in [0.2, 0.25) is 0 Å². The maximum absolute atomic E-state index is 13.3. The number of nitrogens with zero attached hydrogens (tertiary/aromatic N) is 2. The Kier molecular flexibility index (Phi) is 3.47. The quantitative estimate of drug-likeness (QED) is 0.693. The minimum atomic E-state index is -0.335. The lowest BCUT2D eigenvalue weighted by Crippen LogP contribution is -2.04. The zero-order valence-corrected chi connectivity index (χ0v) is 12.4. The van der Waals surface area contributed by atoms with E-state index in [1.165, 1.54) is 23.5 Å². The lowest BCUT2D eigenvalue weighted by molar-refractivity contribution is 0.0531. The number of aromatic nitrogens is 2. The van der Waals surface area contributed by atoms with Crippen LogP contribution < -0.4 is 0 Å². The number of ether oxygens (including phenoxy) is 1. The standard InChI is InChI=1S/C15H13FN2O2S/c1-3-20-14(19)13-9(2)18-8-12(17-15(18)21-13)10-5-4-6-11(16)7-10/h4-8H,3H2,1-2H3. The summed E-state index contributed by atoms with van der Waals surface area (Å²) in [5.41, 5.74) is 2.17. The number of halogens is 1. The molecule has 0 fully saturated rings. The van der Waals surface area contributed by atoms with Crippen molar-refractivity contribution in [3.05, 3.63) is 46.9 Å². The van der Waals surface area contributed by atoms with Crippen molar-refractivity contribution in [2.75, 3.05) is 6.61 Å². The summed E-state index contributed by atoms with van der Waals surface area (Å²) in [6, 6.07) is 6.28. The second-order valence-electron chi connectivity index (χ2n) is 4.53. The predicted molar refractivity (Wildman–Crippen MR) is 79.2 cm³/mol. The zero-order valence-electron chi connectivity index (χ0n) is 11.6. The molecule has 21 heavy (non-hydrogen) atoms. The fourth-order valence-corrected chi connectivity index (χ4v) is 3.13. The first-order chi connectivity index (χ1) is 10.1. The number of imidazole rings is 1. The van der Waals surface area contributed by atoms with Crippen LogP contribution in [0, 0.1) is 12.7 Å². The van der Waals surface area contributed by atoms with Crippen molar-refractivity contribution in [2.24, 2.45) is 0 Å². The Bertz CT molecular complexity index is 822. The molecule has 108 valence electrons. The number of aryl methyl sites for hydroxylation is 1. The number of rotatable bonds is 3. The van der Waals surface area contributed by atoms with Gasteiger partial charge in [0.1, 0.15) is 10.7 Å². The molecule has 0 radical (unpaired) electrons. The SMILES string of the molecule is CCOC(=O)c1sc2nc(-c3cccc(F)c3)cn2c1C. The van der Waals surface area contributed by atoms with E-state index in [0.29, 0.717) is 27.7 Å². The normalized spacial score (nSPS) is 11.0. The molecule has 0 atom stereocenters. The predicted octanol–water partition coefficient (Wildman–Crippen LogP) is 3.69. The number of benzene rings is 1. The summed E-state index contributed by atoms with van der Waals surface area (Å²) in [5, 5.41) is 0. The number of fused-ring (bicyclic) bond motifs is 1. The summed E-state index contributed by atoms with van der Waals surface area (Å²) in [6.45, 7) is 3.95. The van der Waals surface area contributed by atoms with E-state index in [0.717, 1.165) is 5.69 Å². The van der Waals surface area contributed by atoms with Gasteiger partial charge in [0.15, 0.2) is 4.96 Å².